The number of unbranched alkanes of at least 4 members (excludes halogenated alkanes) is 1. The minimum Gasteiger partial charge on any atom is -0.376 e. The van der Waals surface area contributed by atoms with Crippen molar-refractivity contribution < 1.29 is 17.9 Å². The molecule has 1 atom stereocenters. The fourth-order valence-corrected chi connectivity index (χ4v) is 7.11. The van der Waals surface area contributed by atoms with Crippen LogP contribution in [0.2, 0.25) is 0 Å². The summed E-state index contributed by atoms with van der Waals surface area (Å²) in [4.78, 5) is 20.2. The van der Waals surface area contributed by atoms with Gasteiger partial charge in [-0.3, -0.25) is 9.69 Å². The van der Waals surface area contributed by atoms with Crippen LogP contribution in [0.15, 0.2) is 51.8 Å². The van der Waals surface area contributed by atoms with Crippen LogP contribution in [-0.2, 0) is 14.8 Å². The van der Waals surface area contributed by atoms with Gasteiger partial charge >= 0.3 is 0 Å². The molecule has 1 saturated heterocycles. The van der Waals surface area contributed by atoms with E-state index in [0.717, 1.165) is 40.4 Å². The first-order valence-electron chi connectivity index (χ1n) is 11.9. The Morgan fingerprint density at radius 2 is 1.97 bits per heavy atom. The zero-order valence-electron chi connectivity index (χ0n) is 19.9. The number of carbonyl (C=O) groups is 1. The second-order valence-corrected chi connectivity index (χ2v) is 12.4. The van der Waals surface area contributed by atoms with Crippen molar-refractivity contribution >= 4 is 58.5 Å². The quantitative estimate of drug-likeness (QED) is 0.308. The maximum atomic E-state index is 13.6. The Balaban J connectivity index is 1.62. The molecule has 188 valence electrons. The molecule has 1 aliphatic rings. The van der Waals surface area contributed by atoms with E-state index in [9.17, 15) is 13.2 Å². The number of amides is 1. The van der Waals surface area contributed by atoms with Crippen molar-refractivity contribution in [2.24, 2.45) is 0 Å². The van der Waals surface area contributed by atoms with Gasteiger partial charge in [0.15, 0.2) is 5.13 Å². The van der Waals surface area contributed by atoms with E-state index >= 15 is 0 Å². The monoisotopic (exact) mass is 579 g/mol. The Morgan fingerprint density at radius 1 is 1.20 bits per heavy atom. The molecule has 0 bridgehead atoms. The molecule has 0 spiro atoms. The molecule has 0 saturated carbocycles. The number of carbonyl (C=O) groups excluding carboxylic acids is 1. The third-order valence-corrected chi connectivity index (χ3v) is 9.60. The Kier molecular flexibility index (Phi) is 8.59. The Hall–Kier alpha value is -1.85. The summed E-state index contributed by atoms with van der Waals surface area (Å²) in [5, 5.41) is 0.604. The van der Waals surface area contributed by atoms with Gasteiger partial charge in [-0.2, -0.15) is 4.31 Å². The zero-order valence-corrected chi connectivity index (χ0v) is 23.2. The summed E-state index contributed by atoms with van der Waals surface area (Å²) in [6.45, 7) is 5.86. The second kappa shape index (κ2) is 11.5. The molecular weight excluding hydrogens is 550 g/mol. The fraction of sp³-hybridized carbons (Fsp3) is 0.440. The molecule has 1 aromatic heterocycles. The molecule has 0 aliphatic carbocycles. The molecule has 1 unspecified atom stereocenters. The van der Waals surface area contributed by atoms with Crippen molar-refractivity contribution in [1.82, 2.24) is 9.29 Å². The number of sulfonamides is 1. The highest BCUT2D eigenvalue weighted by Gasteiger charge is 2.28. The van der Waals surface area contributed by atoms with E-state index in [1.807, 2.05) is 32.0 Å². The SMILES string of the molecule is CCCCN(CC)S(=O)(=O)c1ccc(C(=O)N(CC2CCCO2)c2nc3ccc(Br)cc3s2)cc1. The normalized spacial score (nSPS) is 16.3. The van der Waals surface area contributed by atoms with E-state index in [1.54, 1.807) is 17.0 Å². The number of thiazole rings is 1. The molecule has 35 heavy (non-hydrogen) atoms. The van der Waals surface area contributed by atoms with Crippen molar-refractivity contribution in [3.05, 3.63) is 52.5 Å². The minimum atomic E-state index is -3.60. The Labute approximate surface area is 219 Å². The largest absolute Gasteiger partial charge is 0.376 e. The predicted molar refractivity (Wildman–Crippen MR) is 144 cm³/mol. The van der Waals surface area contributed by atoms with Gasteiger partial charge in [0.25, 0.3) is 5.91 Å². The van der Waals surface area contributed by atoms with Crippen molar-refractivity contribution in [1.29, 1.82) is 0 Å². The van der Waals surface area contributed by atoms with Crippen molar-refractivity contribution in [3.8, 4) is 0 Å². The van der Waals surface area contributed by atoms with Crippen molar-refractivity contribution in [2.75, 3.05) is 31.1 Å². The van der Waals surface area contributed by atoms with Gasteiger partial charge in [-0.05, 0) is 61.7 Å². The number of ether oxygens (including phenoxy) is 1. The van der Waals surface area contributed by atoms with Crippen LogP contribution in [0.3, 0.4) is 0 Å². The molecule has 7 nitrogen and oxygen atoms in total. The summed E-state index contributed by atoms with van der Waals surface area (Å²) in [5.41, 5.74) is 1.24. The standard InChI is InChI=1S/C25H30BrN3O4S2/c1-3-5-14-28(4-2)35(31,32)21-11-8-18(9-12-21)24(30)29(17-20-7-6-15-33-20)25-27-22-13-10-19(26)16-23(22)34-25/h8-13,16,20H,3-7,14-15,17H2,1-2H3. The number of fused-ring (bicyclic) bond motifs is 1. The van der Waals surface area contributed by atoms with Crippen LogP contribution in [0, 0.1) is 0 Å². The van der Waals surface area contributed by atoms with Crippen LogP contribution in [0.1, 0.15) is 49.9 Å². The van der Waals surface area contributed by atoms with Crippen LogP contribution >= 0.6 is 27.3 Å². The van der Waals surface area contributed by atoms with Gasteiger partial charge in [-0.25, -0.2) is 13.4 Å². The van der Waals surface area contributed by atoms with Crippen molar-refractivity contribution in [2.45, 2.75) is 50.5 Å². The van der Waals surface area contributed by atoms with Gasteiger partial charge in [0.2, 0.25) is 10.0 Å². The summed E-state index contributed by atoms with van der Waals surface area (Å²) in [7, 11) is -3.60. The van der Waals surface area contributed by atoms with Crippen LogP contribution in [-0.4, -0.2) is 56.0 Å². The smallest absolute Gasteiger partial charge is 0.260 e. The lowest BCUT2D eigenvalue weighted by Gasteiger charge is -2.23. The third-order valence-electron chi connectivity index (χ3n) is 6.08. The van der Waals surface area contributed by atoms with Gasteiger partial charge < -0.3 is 4.74 Å². The van der Waals surface area contributed by atoms with Gasteiger partial charge in [0.05, 0.1) is 27.8 Å². The van der Waals surface area contributed by atoms with Crippen LogP contribution in [0.4, 0.5) is 5.13 Å². The minimum absolute atomic E-state index is 0.0472. The number of nitrogens with zero attached hydrogens (tertiary/aromatic N) is 3. The van der Waals surface area contributed by atoms with Crippen LogP contribution < -0.4 is 4.90 Å². The molecule has 3 aromatic rings. The first-order valence-corrected chi connectivity index (χ1v) is 15.0. The van der Waals surface area contributed by atoms with Crippen LogP contribution in [0.5, 0.6) is 0 Å². The zero-order chi connectivity index (χ0) is 25.0. The number of hydrogen-bond donors (Lipinski definition) is 0. The van der Waals surface area contributed by atoms with E-state index in [0.29, 0.717) is 36.9 Å². The molecule has 0 N–H and O–H groups in total. The van der Waals surface area contributed by atoms with Gasteiger partial charge in [-0.15, -0.1) is 0 Å². The first kappa shape index (κ1) is 26.2. The maximum absolute atomic E-state index is 13.6. The predicted octanol–water partition coefficient (Wildman–Crippen LogP) is 5.70. The van der Waals surface area contributed by atoms with Crippen molar-refractivity contribution in [3.63, 3.8) is 0 Å². The lowest BCUT2D eigenvalue weighted by Crippen LogP contribution is -2.37. The lowest BCUT2D eigenvalue weighted by atomic mass is 10.2. The summed E-state index contributed by atoms with van der Waals surface area (Å²) >= 11 is 4.95. The highest BCUT2D eigenvalue weighted by Crippen LogP contribution is 2.32. The van der Waals surface area contributed by atoms with E-state index in [4.69, 9.17) is 9.72 Å². The molecule has 1 fully saturated rings. The maximum Gasteiger partial charge on any atom is 0.260 e. The summed E-state index contributed by atoms with van der Waals surface area (Å²) in [6, 6.07) is 12.1. The highest BCUT2D eigenvalue weighted by molar-refractivity contribution is 9.10. The van der Waals surface area contributed by atoms with Gasteiger partial charge in [-0.1, -0.05) is 47.5 Å². The summed E-state index contributed by atoms with van der Waals surface area (Å²) in [5.74, 6) is -0.221. The average molecular weight is 581 g/mol. The van der Waals surface area contributed by atoms with Crippen LogP contribution in [0.25, 0.3) is 10.2 Å². The van der Waals surface area contributed by atoms with E-state index < -0.39 is 10.0 Å². The molecule has 2 heterocycles. The molecule has 1 amide bonds. The third kappa shape index (κ3) is 5.94. The topological polar surface area (TPSA) is 79.8 Å². The lowest BCUT2D eigenvalue weighted by molar-refractivity contribution is 0.0917. The molecule has 0 radical (unpaired) electrons. The number of benzene rings is 2. The second-order valence-electron chi connectivity index (χ2n) is 8.53. The molecule has 4 rings (SSSR count). The number of aromatic nitrogens is 1. The van der Waals surface area contributed by atoms with E-state index in [2.05, 4.69) is 15.9 Å². The average Bonchev–Trinajstić information content (AvgIpc) is 3.52. The summed E-state index contributed by atoms with van der Waals surface area (Å²) < 4.78 is 35.4. The number of hydrogen-bond acceptors (Lipinski definition) is 6. The number of halogens is 1. The molecule has 2 aromatic carbocycles. The Morgan fingerprint density at radius 3 is 2.63 bits per heavy atom. The number of anilines is 1. The summed E-state index contributed by atoms with van der Waals surface area (Å²) in [6.07, 6.45) is 3.54. The highest BCUT2D eigenvalue weighted by atomic mass is 79.9. The molecule has 1 aliphatic heterocycles. The molecule has 10 heteroatoms. The van der Waals surface area contributed by atoms with Gasteiger partial charge in [0.1, 0.15) is 0 Å². The van der Waals surface area contributed by atoms with E-state index in [1.165, 1.54) is 27.8 Å². The first-order chi connectivity index (χ1) is 16.8. The fourth-order valence-electron chi connectivity index (χ4n) is 4.10. The molecular formula is C25H30BrN3O4S2. The Bertz CT molecular complexity index is 1270. The van der Waals surface area contributed by atoms with Gasteiger partial charge in [0, 0.05) is 29.7 Å². The number of rotatable bonds is 10. The van der Waals surface area contributed by atoms with E-state index in [-0.39, 0.29) is 16.9 Å².